The van der Waals surface area contributed by atoms with Crippen molar-refractivity contribution in [3.8, 4) is 5.75 Å². The van der Waals surface area contributed by atoms with Gasteiger partial charge in [-0.2, -0.15) is 0 Å². The minimum Gasteiger partial charge on any atom is -0.497 e. The maximum Gasteiger partial charge on any atom is 0.244 e. The highest BCUT2D eigenvalue weighted by atomic mass is 32.2. The monoisotopic (exact) mass is 503 g/mol. The third-order valence-corrected chi connectivity index (χ3v) is 6.48. The van der Waals surface area contributed by atoms with Gasteiger partial charge in [-0.15, -0.1) is 0 Å². The number of ether oxygens (including phenoxy) is 1. The number of benzene rings is 2. The Morgan fingerprint density at radius 1 is 1.09 bits per heavy atom. The van der Waals surface area contributed by atoms with Gasteiger partial charge in [-0.3, -0.25) is 13.9 Å². The number of hydrogen-bond acceptors (Lipinski definition) is 5. The second kappa shape index (κ2) is 11.6. The van der Waals surface area contributed by atoms with E-state index in [4.69, 9.17) is 4.74 Å². The van der Waals surface area contributed by atoms with Crippen LogP contribution in [-0.2, 0) is 26.2 Å². The van der Waals surface area contributed by atoms with Crippen LogP contribution in [0.4, 0.5) is 5.69 Å². The van der Waals surface area contributed by atoms with Crippen molar-refractivity contribution in [1.29, 1.82) is 0 Å². The van der Waals surface area contributed by atoms with Gasteiger partial charge in [0.2, 0.25) is 21.8 Å². The van der Waals surface area contributed by atoms with Gasteiger partial charge < -0.3 is 15.0 Å². The Bertz CT molecular complexity index is 1140. The number of carbonyl (C=O) groups is 2. The maximum absolute atomic E-state index is 13.7. The molecule has 0 heterocycles. The van der Waals surface area contributed by atoms with Crippen LogP contribution in [0.2, 0.25) is 0 Å². The minimum atomic E-state index is -3.76. The van der Waals surface area contributed by atoms with Crippen LogP contribution >= 0.6 is 0 Å². The van der Waals surface area contributed by atoms with E-state index in [1.807, 2.05) is 52.8 Å². The molecule has 2 amide bonds. The summed E-state index contributed by atoms with van der Waals surface area (Å²) in [6.07, 6.45) is 1.43. The van der Waals surface area contributed by atoms with Crippen molar-refractivity contribution in [2.24, 2.45) is 0 Å². The number of hydrogen-bond donors (Lipinski definition) is 1. The molecule has 0 aliphatic carbocycles. The van der Waals surface area contributed by atoms with Crippen LogP contribution in [0.15, 0.2) is 48.5 Å². The zero-order valence-corrected chi connectivity index (χ0v) is 22.5. The summed E-state index contributed by atoms with van der Waals surface area (Å²) in [5.74, 6) is -0.145. The van der Waals surface area contributed by atoms with E-state index in [0.29, 0.717) is 17.9 Å². The Morgan fingerprint density at radius 2 is 1.74 bits per heavy atom. The van der Waals surface area contributed by atoms with Crippen LogP contribution in [0, 0.1) is 6.92 Å². The molecular weight excluding hydrogens is 466 g/mol. The molecule has 1 N–H and O–H groups in total. The molecule has 192 valence electrons. The summed E-state index contributed by atoms with van der Waals surface area (Å²) in [6.45, 7) is 8.99. The lowest BCUT2D eigenvalue weighted by Gasteiger charge is -2.34. The summed E-state index contributed by atoms with van der Waals surface area (Å²) in [6, 6.07) is 13.4. The summed E-state index contributed by atoms with van der Waals surface area (Å²) < 4.78 is 31.7. The highest BCUT2D eigenvalue weighted by Crippen LogP contribution is 2.22. The first-order valence-corrected chi connectivity index (χ1v) is 13.4. The van der Waals surface area contributed by atoms with E-state index in [1.54, 1.807) is 37.4 Å². The smallest absolute Gasteiger partial charge is 0.244 e. The molecule has 2 aromatic rings. The molecule has 0 spiro atoms. The van der Waals surface area contributed by atoms with Gasteiger partial charge in [-0.05, 0) is 69.5 Å². The van der Waals surface area contributed by atoms with E-state index in [-0.39, 0.29) is 12.5 Å². The number of nitrogens with one attached hydrogen (secondary N) is 1. The Hall–Kier alpha value is -3.07. The SMILES string of the molecule is CC[C@H](C(=O)NC(C)(C)C)N(Cc1cccc(OC)c1)C(=O)CN(c1cccc(C)c1)S(C)(=O)=O. The van der Waals surface area contributed by atoms with Gasteiger partial charge in [-0.1, -0.05) is 31.2 Å². The highest BCUT2D eigenvalue weighted by Gasteiger charge is 2.33. The van der Waals surface area contributed by atoms with Crippen LogP contribution in [0.25, 0.3) is 0 Å². The molecule has 0 unspecified atom stereocenters. The van der Waals surface area contributed by atoms with E-state index in [0.717, 1.165) is 21.7 Å². The molecule has 0 radical (unpaired) electrons. The molecule has 0 saturated heterocycles. The predicted octanol–water partition coefficient (Wildman–Crippen LogP) is 3.49. The van der Waals surface area contributed by atoms with Crippen molar-refractivity contribution in [3.63, 3.8) is 0 Å². The molecule has 2 rings (SSSR count). The fourth-order valence-corrected chi connectivity index (χ4v) is 4.58. The Labute approximate surface area is 209 Å². The molecule has 0 aliphatic rings. The zero-order chi connectivity index (χ0) is 26.4. The van der Waals surface area contributed by atoms with Gasteiger partial charge in [0.15, 0.2) is 0 Å². The van der Waals surface area contributed by atoms with Crippen molar-refractivity contribution in [3.05, 3.63) is 59.7 Å². The molecule has 2 aromatic carbocycles. The van der Waals surface area contributed by atoms with Crippen LogP contribution in [0.5, 0.6) is 5.75 Å². The van der Waals surface area contributed by atoms with Crippen molar-refractivity contribution in [2.45, 2.75) is 59.2 Å². The number of nitrogens with zero attached hydrogens (tertiary/aromatic N) is 2. The fourth-order valence-electron chi connectivity index (χ4n) is 3.74. The predicted molar refractivity (Wildman–Crippen MR) is 139 cm³/mol. The second-order valence-electron chi connectivity index (χ2n) is 9.65. The first-order chi connectivity index (χ1) is 16.2. The number of sulfonamides is 1. The van der Waals surface area contributed by atoms with Crippen molar-refractivity contribution in [2.75, 3.05) is 24.2 Å². The summed E-state index contributed by atoms with van der Waals surface area (Å²) in [5.41, 5.74) is 1.54. The van der Waals surface area contributed by atoms with Crippen LogP contribution in [0.3, 0.4) is 0 Å². The molecule has 0 saturated carbocycles. The summed E-state index contributed by atoms with van der Waals surface area (Å²) in [4.78, 5) is 28.3. The average Bonchev–Trinajstić information content (AvgIpc) is 2.75. The van der Waals surface area contributed by atoms with Crippen molar-refractivity contribution in [1.82, 2.24) is 10.2 Å². The van der Waals surface area contributed by atoms with Gasteiger partial charge in [0.05, 0.1) is 19.1 Å². The number of methoxy groups -OCH3 is 1. The molecule has 9 heteroatoms. The van der Waals surface area contributed by atoms with Crippen LogP contribution < -0.4 is 14.4 Å². The Balaban J connectivity index is 2.48. The number of aryl methyl sites for hydroxylation is 1. The Kier molecular flexibility index (Phi) is 9.31. The van der Waals surface area contributed by atoms with E-state index >= 15 is 0 Å². The minimum absolute atomic E-state index is 0.123. The first-order valence-electron chi connectivity index (χ1n) is 11.5. The van der Waals surface area contributed by atoms with E-state index in [9.17, 15) is 18.0 Å². The van der Waals surface area contributed by atoms with Gasteiger partial charge in [0.1, 0.15) is 18.3 Å². The topological polar surface area (TPSA) is 96.0 Å². The average molecular weight is 504 g/mol. The number of rotatable bonds is 10. The lowest BCUT2D eigenvalue weighted by atomic mass is 10.1. The molecular formula is C26H37N3O5S. The Morgan fingerprint density at radius 3 is 2.29 bits per heavy atom. The number of anilines is 1. The quantitative estimate of drug-likeness (QED) is 0.535. The molecule has 0 fully saturated rings. The normalized spacial score (nSPS) is 12.5. The molecule has 0 aliphatic heterocycles. The van der Waals surface area contributed by atoms with E-state index in [2.05, 4.69) is 5.32 Å². The largest absolute Gasteiger partial charge is 0.497 e. The fraction of sp³-hybridized carbons (Fsp3) is 0.462. The van der Waals surface area contributed by atoms with Crippen molar-refractivity contribution >= 4 is 27.5 Å². The van der Waals surface area contributed by atoms with Crippen LogP contribution in [-0.4, -0.2) is 56.6 Å². The molecule has 35 heavy (non-hydrogen) atoms. The maximum atomic E-state index is 13.7. The highest BCUT2D eigenvalue weighted by molar-refractivity contribution is 7.92. The molecule has 0 aromatic heterocycles. The lowest BCUT2D eigenvalue weighted by molar-refractivity contribution is -0.141. The van der Waals surface area contributed by atoms with Gasteiger partial charge in [0, 0.05) is 12.1 Å². The third-order valence-electron chi connectivity index (χ3n) is 5.34. The summed E-state index contributed by atoms with van der Waals surface area (Å²) in [5, 5.41) is 2.95. The van der Waals surface area contributed by atoms with E-state index < -0.39 is 34.1 Å². The lowest BCUT2D eigenvalue weighted by Crippen LogP contribution is -2.55. The standard InChI is InChI=1S/C26H37N3O5S/c1-8-23(25(31)27-26(3,4)5)28(17-20-12-10-14-22(16-20)34-6)24(30)18-29(35(7,32)33)21-13-9-11-19(2)15-21/h9-16,23H,8,17-18H2,1-7H3,(H,27,31)/t23-/m1/s1. The molecule has 1 atom stereocenters. The summed E-state index contributed by atoms with van der Waals surface area (Å²) >= 11 is 0. The van der Waals surface area contributed by atoms with Crippen molar-refractivity contribution < 1.29 is 22.7 Å². The zero-order valence-electron chi connectivity index (χ0n) is 21.7. The van der Waals surface area contributed by atoms with Gasteiger partial charge in [0.25, 0.3) is 0 Å². The third kappa shape index (κ3) is 8.28. The first kappa shape index (κ1) is 28.2. The second-order valence-corrected chi connectivity index (χ2v) is 11.6. The molecule has 8 nitrogen and oxygen atoms in total. The summed E-state index contributed by atoms with van der Waals surface area (Å²) in [7, 11) is -2.21. The van der Waals surface area contributed by atoms with Gasteiger partial charge >= 0.3 is 0 Å². The van der Waals surface area contributed by atoms with E-state index in [1.165, 1.54) is 4.90 Å². The molecule has 0 bridgehead atoms. The number of amides is 2. The number of carbonyl (C=O) groups excluding carboxylic acids is 2. The van der Waals surface area contributed by atoms with Gasteiger partial charge in [-0.25, -0.2) is 8.42 Å². The van der Waals surface area contributed by atoms with Crippen LogP contribution in [0.1, 0.15) is 45.2 Å².